The first-order chi connectivity index (χ1) is 13.3. The van der Waals surface area contributed by atoms with Gasteiger partial charge in [0.1, 0.15) is 5.75 Å². The molecule has 0 aliphatic carbocycles. The standard InChI is InChI=1S/C24H23NO2/c1-27-24-15-9-8-14-22(24)25-21(17-16-19-10-4-2-5-11-19)18-23(26)20-12-6-3-7-13-20/h2-17,21,25H,18H2,1H3/b17-16+/t21-/m0/s1. The number of hydrogen-bond donors (Lipinski definition) is 1. The first-order valence-electron chi connectivity index (χ1n) is 8.97. The number of anilines is 1. The summed E-state index contributed by atoms with van der Waals surface area (Å²) in [5.74, 6) is 0.850. The molecule has 0 unspecified atom stereocenters. The van der Waals surface area contributed by atoms with Crippen molar-refractivity contribution >= 4 is 17.5 Å². The number of benzene rings is 3. The minimum absolute atomic E-state index is 0.0979. The highest BCUT2D eigenvalue weighted by atomic mass is 16.5. The Kier molecular flexibility index (Phi) is 6.42. The van der Waals surface area contributed by atoms with Crippen LogP contribution < -0.4 is 10.1 Å². The molecule has 136 valence electrons. The molecule has 0 spiro atoms. The number of ketones is 1. The number of rotatable bonds is 8. The van der Waals surface area contributed by atoms with Gasteiger partial charge in [0.2, 0.25) is 0 Å². The monoisotopic (exact) mass is 357 g/mol. The van der Waals surface area contributed by atoms with Crippen LogP contribution in [-0.4, -0.2) is 18.9 Å². The van der Waals surface area contributed by atoms with Gasteiger partial charge >= 0.3 is 0 Å². The molecule has 0 aromatic heterocycles. The summed E-state index contributed by atoms with van der Waals surface area (Å²) in [6.07, 6.45) is 4.42. The van der Waals surface area contributed by atoms with Crippen molar-refractivity contribution in [3.63, 3.8) is 0 Å². The molecule has 27 heavy (non-hydrogen) atoms. The van der Waals surface area contributed by atoms with Gasteiger partial charge in [-0.05, 0) is 17.7 Å². The van der Waals surface area contributed by atoms with E-state index in [0.29, 0.717) is 6.42 Å². The summed E-state index contributed by atoms with van der Waals surface area (Å²) in [5, 5.41) is 3.44. The van der Waals surface area contributed by atoms with Crippen molar-refractivity contribution in [3.05, 3.63) is 102 Å². The number of carbonyl (C=O) groups excluding carboxylic acids is 1. The Bertz CT molecular complexity index is 889. The lowest BCUT2D eigenvalue weighted by atomic mass is 10.0. The molecule has 3 nitrogen and oxygen atoms in total. The minimum Gasteiger partial charge on any atom is -0.495 e. The number of methoxy groups -OCH3 is 1. The number of carbonyl (C=O) groups is 1. The normalized spacial score (nSPS) is 11.9. The fourth-order valence-electron chi connectivity index (χ4n) is 2.86. The largest absolute Gasteiger partial charge is 0.495 e. The van der Waals surface area contributed by atoms with E-state index < -0.39 is 0 Å². The molecule has 3 rings (SSSR count). The topological polar surface area (TPSA) is 38.3 Å². The Morgan fingerprint density at radius 2 is 1.56 bits per heavy atom. The average Bonchev–Trinajstić information content (AvgIpc) is 2.73. The second-order valence-corrected chi connectivity index (χ2v) is 6.21. The smallest absolute Gasteiger partial charge is 0.165 e. The molecule has 0 amide bonds. The fraction of sp³-hybridized carbons (Fsp3) is 0.125. The van der Waals surface area contributed by atoms with E-state index in [-0.39, 0.29) is 11.8 Å². The molecule has 1 atom stereocenters. The lowest BCUT2D eigenvalue weighted by molar-refractivity contribution is 0.0981. The number of ether oxygens (including phenoxy) is 1. The maximum absolute atomic E-state index is 12.7. The van der Waals surface area contributed by atoms with E-state index in [2.05, 4.69) is 5.32 Å². The van der Waals surface area contributed by atoms with Crippen LogP contribution in [0.4, 0.5) is 5.69 Å². The van der Waals surface area contributed by atoms with Gasteiger partial charge in [-0.3, -0.25) is 4.79 Å². The van der Waals surface area contributed by atoms with Gasteiger partial charge < -0.3 is 10.1 Å². The summed E-state index contributed by atoms with van der Waals surface area (Å²) in [6, 6.07) is 27.0. The first kappa shape index (κ1) is 18.5. The fourth-order valence-corrected chi connectivity index (χ4v) is 2.86. The Morgan fingerprint density at radius 1 is 0.926 bits per heavy atom. The summed E-state index contributed by atoms with van der Waals surface area (Å²) in [6.45, 7) is 0. The Hall–Kier alpha value is -3.33. The molecule has 0 saturated carbocycles. The van der Waals surface area contributed by atoms with Crippen LogP contribution in [0.5, 0.6) is 5.75 Å². The summed E-state index contributed by atoms with van der Waals surface area (Å²) < 4.78 is 5.43. The van der Waals surface area contributed by atoms with Crippen molar-refractivity contribution in [1.29, 1.82) is 0 Å². The van der Waals surface area contributed by atoms with Gasteiger partial charge in [-0.25, -0.2) is 0 Å². The van der Waals surface area contributed by atoms with Crippen LogP contribution >= 0.6 is 0 Å². The zero-order valence-corrected chi connectivity index (χ0v) is 15.3. The molecule has 0 fully saturated rings. The molecule has 3 heteroatoms. The molecule has 0 aliphatic rings. The second kappa shape index (κ2) is 9.39. The number of nitrogens with one attached hydrogen (secondary N) is 1. The van der Waals surface area contributed by atoms with E-state index in [1.165, 1.54) is 0 Å². The van der Waals surface area contributed by atoms with Crippen molar-refractivity contribution in [1.82, 2.24) is 0 Å². The zero-order valence-electron chi connectivity index (χ0n) is 15.3. The van der Waals surface area contributed by atoms with Gasteiger partial charge in [-0.1, -0.05) is 84.9 Å². The molecule has 3 aromatic carbocycles. The van der Waals surface area contributed by atoms with Crippen molar-refractivity contribution in [3.8, 4) is 5.75 Å². The quantitative estimate of drug-likeness (QED) is 0.544. The zero-order chi connectivity index (χ0) is 18.9. The third-order valence-electron chi connectivity index (χ3n) is 4.27. The van der Waals surface area contributed by atoms with Crippen molar-refractivity contribution in [2.45, 2.75) is 12.5 Å². The van der Waals surface area contributed by atoms with Crippen LogP contribution in [0, 0.1) is 0 Å². The highest BCUT2D eigenvalue weighted by Gasteiger charge is 2.14. The number of Topliss-reactive ketones (excluding diaryl/α,β-unsaturated/α-hetero) is 1. The van der Waals surface area contributed by atoms with Crippen molar-refractivity contribution < 1.29 is 9.53 Å². The molecule has 1 N–H and O–H groups in total. The van der Waals surface area contributed by atoms with E-state index >= 15 is 0 Å². The van der Waals surface area contributed by atoms with Gasteiger partial charge in [0.25, 0.3) is 0 Å². The number of para-hydroxylation sites is 2. The highest BCUT2D eigenvalue weighted by molar-refractivity contribution is 5.96. The van der Waals surface area contributed by atoms with Gasteiger partial charge in [0, 0.05) is 12.0 Å². The van der Waals surface area contributed by atoms with Gasteiger partial charge in [0.05, 0.1) is 18.8 Å². The maximum Gasteiger partial charge on any atom is 0.165 e. The van der Waals surface area contributed by atoms with Crippen LogP contribution in [0.2, 0.25) is 0 Å². The van der Waals surface area contributed by atoms with E-state index in [1.807, 2.05) is 97.1 Å². The van der Waals surface area contributed by atoms with Crippen LogP contribution in [0.3, 0.4) is 0 Å². The summed E-state index contributed by atoms with van der Waals surface area (Å²) in [5.41, 5.74) is 2.68. The Balaban J connectivity index is 1.81. The van der Waals surface area contributed by atoms with E-state index in [4.69, 9.17) is 4.74 Å². The van der Waals surface area contributed by atoms with Crippen LogP contribution in [-0.2, 0) is 0 Å². The SMILES string of the molecule is COc1ccccc1N[C@@H](/C=C/c1ccccc1)CC(=O)c1ccccc1. The van der Waals surface area contributed by atoms with Crippen LogP contribution in [0.25, 0.3) is 6.08 Å². The van der Waals surface area contributed by atoms with Crippen LogP contribution in [0.1, 0.15) is 22.3 Å². The third kappa shape index (κ3) is 5.32. The Labute approximate surface area is 160 Å². The molecule has 0 heterocycles. The second-order valence-electron chi connectivity index (χ2n) is 6.21. The van der Waals surface area contributed by atoms with E-state index in [1.54, 1.807) is 7.11 Å². The average molecular weight is 357 g/mol. The number of hydrogen-bond acceptors (Lipinski definition) is 3. The highest BCUT2D eigenvalue weighted by Crippen LogP contribution is 2.25. The molecular formula is C24H23NO2. The first-order valence-corrected chi connectivity index (χ1v) is 8.97. The molecular weight excluding hydrogens is 334 g/mol. The lowest BCUT2D eigenvalue weighted by Gasteiger charge is -2.18. The Morgan fingerprint density at radius 3 is 2.26 bits per heavy atom. The summed E-state index contributed by atoms with van der Waals surface area (Å²) in [7, 11) is 1.64. The van der Waals surface area contributed by atoms with Crippen molar-refractivity contribution in [2.24, 2.45) is 0 Å². The van der Waals surface area contributed by atoms with Gasteiger partial charge in [-0.2, -0.15) is 0 Å². The lowest BCUT2D eigenvalue weighted by Crippen LogP contribution is -2.21. The van der Waals surface area contributed by atoms with Crippen LogP contribution in [0.15, 0.2) is 91.0 Å². The summed E-state index contributed by atoms with van der Waals surface area (Å²) in [4.78, 5) is 12.7. The van der Waals surface area contributed by atoms with Gasteiger partial charge in [-0.15, -0.1) is 0 Å². The van der Waals surface area contributed by atoms with E-state index in [0.717, 1.165) is 22.6 Å². The summed E-state index contributed by atoms with van der Waals surface area (Å²) >= 11 is 0. The molecule has 0 bridgehead atoms. The van der Waals surface area contributed by atoms with Crippen molar-refractivity contribution in [2.75, 3.05) is 12.4 Å². The molecule has 0 aliphatic heterocycles. The maximum atomic E-state index is 12.7. The molecule has 0 saturated heterocycles. The predicted molar refractivity (Wildman–Crippen MR) is 111 cm³/mol. The third-order valence-corrected chi connectivity index (χ3v) is 4.27. The van der Waals surface area contributed by atoms with Gasteiger partial charge in [0.15, 0.2) is 5.78 Å². The predicted octanol–water partition coefficient (Wildman–Crippen LogP) is 5.46. The minimum atomic E-state index is -0.158. The molecule has 0 radical (unpaired) electrons. The molecule has 3 aromatic rings. The van der Waals surface area contributed by atoms with E-state index in [9.17, 15) is 4.79 Å².